The van der Waals surface area contributed by atoms with Gasteiger partial charge < -0.3 is 20.1 Å². The fourth-order valence-corrected chi connectivity index (χ4v) is 4.39. The van der Waals surface area contributed by atoms with E-state index in [0.717, 1.165) is 72.6 Å². The number of aryl methyl sites for hydroxylation is 1. The van der Waals surface area contributed by atoms with E-state index < -0.39 is 11.5 Å². The number of fused-ring (bicyclic) bond motifs is 1. The summed E-state index contributed by atoms with van der Waals surface area (Å²) < 4.78 is 1.46. The molecule has 0 aromatic carbocycles. The number of carbonyl (C=O) groups is 1. The number of anilines is 1. The molecule has 3 aromatic rings. The molecule has 2 aliphatic rings. The molecule has 1 saturated heterocycles. The molecule has 8 heteroatoms. The molecule has 4 heterocycles. The first-order valence-corrected chi connectivity index (χ1v) is 10.4. The van der Waals surface area contributed by atoms with Crippen molar-refractivity contribution in [2.24, 2.45) is 0 Å². The van der Waals surface area contributed by atoms with E-state index in [9.17, 15) is 14.7 Å². The Morgan fingerprint density at radius 2 is 1.94 bits per heavy atom. The van der Waals surface area contributed by atoms with Crippen molar-refractivity contribution in [1.29, 1.82) is 0 Å². The summed E-state index contributed by atoms with van der Waals surface area (Å²) in [4.78, 5) is 31.1. The van der Waals surface area contributed by atoms with E-state index in [4.69, 9.17) is 0 Å². The summed E-state index contributed by atoms with van der Waals surface area (Å²) in [6, 6.07) is 7.49. The molecule has 0 radical (unpaired) electrons. The molecule has 0 amide bonds. The van der Waals surface area contributed by atoms with Crippen LogP contribution in [-0.4, -0.2) is 41.5 Å². The third kappa shape index (κ3) is 4.25. The van der Waals surface area contributed by atoms with Gasteiger partial charge in [0, 0.05) is 44.1 Å². The normalized spacial score (nSPS) is 16.2. The minimum atomic E-state index is -1.43. The third-order valence-corrected chi connectivity index (χ3v) is 6.15. The van der Waals surface area contributed by atoms with Crippen molar-refractivity contribution in [1.82, 2.24) is 14.7 Å². The Morgan fingerprint density at radius 1 is 1.19 bits per heavy atom. The van der Waals surface area contributed by atoms with Gasteiger partial charge in [-0.05, 0) is 66.6 Å². The van der Waals surface area contributed by atoms with Crippen molar-refractivity contribution >= 4 is 17.3 Å². The molecular weight excluding hydrogens is 419 g/mol. The second kappa shape index (κ2) is 9.13. The van der Waals surface area contributed by atoms with E-state index in [0.29, 0.717) is 5.92 Å². The molecule has 2 fully saturated rings. The molecule has 1 aliphatic carbocycles. The predicted molar refractivity (Wildman–Crippen MR) is 113 cm³/mol. The van der Waals surface area contributed by atoms with Crippen LogP contribution in [0.15, 0.2) is 41.5 Å². The number of nitrogens with zero attached hydrogens (tertiary/aromatic N) is 3. The van der Waals surface area contributed by atoms with Crippen molar-refractivity contribution in [3.8, 4) is 11.1 Å². The van der Waals surface area contributed by atoms with Gasteiger partial charge in [-0.2, -0.15) is 0 Å². The number of nitrogens with one attached hydrogen (secondary N) is 1. The van der Waals surface area contributed by atoms with Gasteiger partial charge in [-0.25, -0.2) is 4.98 Å². The number of aromatic carboxylic acids is 1. The van der Waals surface area contributed by atoms with Crippen LogP contribution in [0.5, 0.6) is 0 Å². The average molecular weight is 443 g/mol. The van der Waals surface area contributed by atoms with Gasteiger partial charge in [0.05, 0.1) is 17.0 Å². The standard InChI is InChI=1S/C23H24N4O3.K/c1-14-17(16-4-5-20(25-13-16)26-10-7-24-8-11-26)6-9-27-21(14)18(15-2-3-15)12-19(22(27)28)23(29)30;/h4-6,9,12-13,15,24H,2-3,7-8,10-11H2,1H3,(H,29,30);/q;+1/p-1. The summed E-state index contributed by atoms with van der Waals surface area (Å²) >= 11 is 0. The van der Waals surface area contributed by atoms with Crippen molar-refractivity contribution in [2.45, 2.75) is 25.7 Å². The quantitative estimate of drug-likeness (QED) is 0.486. The largest absolute Gasteiger partial charge is 1.00 e. The number of rotatable bonds is 4. The number of aromatic nitrogens is 2. The first kappa shape index (κ1) is 22.6. The first-order chi connectivity index (χ1) is 14.5. The number of carboxylic acids is 1. The maximum atomic E-state index is 12.7. The summed E-state index contributed by atoms with van der Waals surface area (Å²) in [6.07, 6.45) is 5.55. The van der Waals surface area contributed by atoms with Gasteiger partial charge in [-0.1, -0.05) is 0 Å². The second-order valence-electron chi connectivity index (χ2n) is 8.10. The van der Waals surface area contributed by atoms with Crippen LogP contribution in [0.1, 0.15) is 40.2 Å². The first-order valence-electron chi connectivity index (χ1n) is 10.4. The van der Waals surface area contributed by atoms with Gasteiger partial charge in [0.15, 0.2) is 0 Å². The Labute approximate surface area is 222 Å². The van der Waals surface area contributed by atoms with Crippen molar-refractivity contribution in [2.75, 3.05) is 31.1 Å². The number of carboxylic acid groups (broad SMARTS) is 1. The zero-order chi connectivity index (χ0) is 20.8. The summed E-state index contributed by atoms with van der Waals surface area (Å²) in [6.45, 7) is 5.78. The van der Waals surface area contributed by atoms with Gasteiger partial charge in [0.25, 0.3) is 5.56 Å². The van der Waals surface area contributed by atoms with Crippen LogP contribution in [0.25, 0.3) is 16.6 Å². The molecule has 1 saturated carbocycles. The summed E-state index contributed by atoms with van der Waals surface area (Å²) in [7, 11) is 0. The molecule has 1 aliphatic heterocycles. The maximum absolute atomic E-state index is 12.7. The number of carbonyl (C=O) groups excluding carboxylic acids is 1. The molecule has 0 atom stereocenters. The summed E-state index contributed by atoms with van der Waals surface area (Å²) in [5, 5.41) is 14.8. The van der Waals surface area contributed by atoms with Crippen LogP contribution in [-0.2, 0) is 0 Å². The Kier molecular flexibility index (Phi) is 6.67. The fourth-order valence-electron chi connectivity index (χ4n) is 4.39. The molecule has 3 aromatic heterocycles. The smallest absolute Gasteiger partial charge is 0.545 e. The van der Waals surface area contributed by atoms with Gasteiger partial charge in [-0.3, -0.25) is 9.20 Å². The molecule has 154 valence electrons. The van der Waals surface area contributed by atoms with Crippen LogP contribution >= 0.6 is 0 Å². The monoisotopic (exact) mass is 442 g/mol. The molecule has 0 unspecified atom stereocenters. The van der Waals surface area contributed by atoms with Crippen LogP contribution in [0.4, 0.5) is 5.82 Å². The summed E-state index contributed by atoms with van der Waals surface area (Å²) in [5.74, 6) is -0.168. The third-order valence-electron chi connectivity index (χ3n) is 6.15. The zero-order valence-corrected chi connectivity index (χ0v) is 21.0. The molecule has 0 spiro atoms. The molecule has 5 rings (SSSR count). The van der Waals surface area contributed by atoms with E-state index in [1.165, 1.54) is 10.5 Å². The Morgan fingerprint density at radius 3 is 2.55 bits per heavy atom. The SMILES string of the molecule is Cc1c(-c2ccc(N3CCNCC3)nc2)ccn2c(=O)c(C(=O)[O-])cc(C3CC3)c12.[K+]. The number of hydrogen-bond acceptors (Lipinski definition) is 6. The van der Waals surface area contributed by atoms with Crippen molar-refractivity contribution in [3.63, 3.8) is 0 Å². The molecule has 7 nitrogen and oxygen atoms in total. The minimum absolute atomic E-state index is 0. The van der Waals surface area contributed by atoms with Crippen LogP contribution in [0.3, 0.4) is 0 Å². The number of piperazine rings is 1. The van der Waals surface area contributed by atoms with E-state index >= 15 is 0 Å². The molecule has 31 heavy (non-hydrogen) atoms. The van der Waals surface area contributed by atoms with Gasteiger partial charge >= 0.3 is 51.4 Å². The Bertz CT molecular complexity index is 1200. The van der Waals surface area contributed by atoms with E-state index in [2.05, 4.69) is 21.3 Å². The van der Waals surface area contributed by atoms with Crippen molar-refractivity contribution < 1.29 is 61.3 Å². The molecule has 0 bridgehead atoms. The minimum Gasteiger partial charge on any atom is -0.545 e. The van der Waals surface area contributed by atoms with Crippen LogP contribution < -0.4 is 72.3 Å². The van der Waals surface area contributed by atoms with Gasteiger partial charge in [-0.15, -0.1) is 0 Å². The fraction of sp³-hybridized carbons (Fsp3) is 0.348. The van der Waals surface area contributed by atoms with Gasteiger partial charge in [0.1, 0.15) is 5.82 Å². The second-order valence-corrected chi connectivity index (χ2v) is 8.10. The van der Waals surface area contributed by atoms with Gasteiger partial charge in [0.2, 0.25) is 0 Å². The zero-order valence-electron chi connectivity index (χ0n) is 17.9. The van der Waals surface area contributed by atoms with E-state index in [-0.39, 0.29) is 56.9 Å². The predicted octanol–water partition coefficient (Wildman–Crippen LogP) is -1.68. The van der Waals surface area contributed by atoms with E-state index in [1.54, 1.807) is 6.20 Å². The van der Waals surface area contributed by atoms with Crippen LogP contribution in [0, 0.1) is 6.92 Å². The molecular formula is C23H23KN4O3. The number of hydrogen-bond donors (Lipinski definition) is 1. The van der Waals surface area contributed by atoms with Crippen LogP contribution in [0.2, 0.25) is 0 Å². The Hall–Kier alpha value is -1.55. The number of pyridine rings is 3. The van der Waals surface area contributed by atoms with Crippen molar-refractivity contribution in [3.05, 3.63) is 63.7 Å². The van der Waals surface area contributed by atoms with E-state index in [1.807, 2.05) is 25.3 Å². The molecule has 1 N–H and O–H groups in total. The topological polar surface area (TPSA) is 89.8 Å². The Balaban J connectivity index is 0.00000231. The summed E-state index contributed by atoms with van der Waals surface area (Å²) in [5.41, 5.74) is 3.83. The maximum Gasteiger partial charge on any atom is 1.00 e. The average Bonchev–Trinajstić information content (AvgIpc) is 3.60.